The van der Waals surface area contributed by atoms with Gasteiger partial charge in [0.2, 0.25) is 0 Å². The highest BCUT2D eigenvalue weighted by molar-refractivity contribution is 5.34. The van der Waals surface area contributed by atoms with Crippen LogP contribution in [0.4, 0.5) is 0 Å². The lowest BCUT2D eigenvalue weighted by Gasteiger charge is -2.46. The molecule has 0 aliphatic carbocycles. The molecule has 0 spiro atoms. The van der Waals surface area contributed by atoms with Crippen LogP contribution >= 0.6 is 0 Å². The molecule has 2 N–H and O–H groups in total. The molecular formula is C17H28N2O2. The van der Waals surface area contributed by atoms with E-state index in [4.69, 9.17) is 15.2 Å². The van der Waals surface area contributed by atoms with Crippen molar-refractivity contribution in [2.45, 2.75) is 38.3 Å². The minimum atomic E-state index is -0.00929. The zero-order valence-corrected chi connectivity index (χ0v) is 13.5. The van der Waals surface area contributed by atoms with Gasteiger partial charge in [0.15, 0.2) is 0 Å². The first-order valence-corrected chi connectivity index (χ1v) is 7.82. The number of hydrogen-bond donors (Lipinski definition) is 1. The maximum Gasteiger partial charge on any atom is 0.122 e. The number of morpholine rings is 1. The molecule has 2 atom stereocenters. The molecule has 1 fully saturated rings. The van der Waals surface area contributed by atoms with Crippen molar-refractivity contribution in [3.63, 3.8) is 0 Å². The summed E-state index contributed by atoms with van der Waals surface area (Å²) in [6.45, 7) is 8.03. The van der Waals surface area contributed by atoms with Gasteiger partial charge in [0.25, 0.3) is 0 Å². The largest absolute Gasteiger partial charge is 0.496 e. The second kappa shape index (κ2) is 7.25. The molecule has 1 aliphatic heterocycles. The third-order valence-corrected chi connectivity index (χ3v) is 4.88. The minimum absolute atomic E-state index is 0.00929. The van der Waals surface area contributed by atoms with Gasteiger partial charge in [-0.15, -0.1) is 0 Å². The van der Waals surface area contributed by atoms with Gasteiger partial charge in [0.1, 0.15) is 5.75 Å². The molecule has 0 saturated carbocycles. The summed E-state index contributed by atoms with van der Waals surface area (Å²) in [4.78, 5) is 2.48. The van der Waals surface area contributed by atoms with Crippen LogP contribution in [0.1, 0.15) is 25.8 Å². The third kappa shape index (κ3) is 3.57. The number of nitrogens with zero attached hydrogens (tertiary/aromatic N) is 1. The van der Waals surface area contributed by atoms with Gasteiger partial charge in [0, 0.05) is 24.7 Å². The van der Waals surface area contributed by atoms with Crippen LogP contribution in [0.3, 0.4) is 0 Å². The van der Waals surface area contributed by atoms with Crippen LogP contribution in [-0.4, -0.2) is 49.9 Å². The van der Waals surface area contributed by atoms with E-state index < -0.39 is 0 Å². The molecule has 118 valence electrons. The number of nitrogens with two attached hydrogens (primary N) is 1. The maximum absolute atomic E-state index is 6.61. The van der Waals surface area contributed by atoms with Crippen molar-refractivity contribution >= 4 is 0 Å². The van der Waals surface area contributed by atoms with Gasteiger partial charge in [-0.1, -0.05) is 25.1 Å². The van der Waals surface area contributed by atoms with Gasteiger partial charge >= 0.3 is 0 Å². The lowest BCUT2D eigenvalue weighted by Crippen LogP contribution is -2.61. The van der Waals surface area contributed by atoms with E-state index in [2.05, 4.69) is 24.8 Å². The summed E-state index contributed by atoms with van der Waals surface area (Å²) in [5.41, 5.74) is 7.78. The van der Waals surface area contributed by atoms with Crippen LogP contribution in [-0.2, 0) is 11.2 Å². The fourth-order valence-corrected chi connectivity index (χ4v) is 3.12. The lowest BCUT2D eigenvalue weighted by molar-refractivity contribution is -0.0273. The van der Waals surface area contributed by atoms with Gasteiger partial charge in [0.05, 0.1) is 20.3 Å². The van der Waals surface area contributed by atoms with Crippen LogP contribution in [0.25, 0.3) is 0 Å². The Labute approximate surface area is 128 Å². The highest BCUT2D eigenvalue weighted by Crippen LogP contribution is 2.28. The van der Waals surface area contributed by atoms with Gasteiger partial charge < -0.3 is 15.2 Å². The van der Waals surface area contributed by atoms with E-state index in [1.807, 2.05) is 18.2 Å². The number of benzene rings is 1. The molecule has 2 unspecified atom stereocenters. The van der Waals surface area contributed by atoms with E-state index in [1.165, 1.54) is 5.56 Å². The Bertz CT molecular complexity index is 446. The molecule has 0 radical (unpaired) electrons. The molecule has 1 heterocycles. The Balaban J connectivity index is 2.13. The normalized spacial score (nSPS) is 20.8. The van der Waals surface area contributed by atoms with Gasteiger partial charge in [-0.3, -0.25) is 4.90 Å². The molecule has 2 rings (SSSR count). The predicted molar refractivity (Wildman–Crippen MR) is 85.8 cm³/mol. The van der Waals surface area contributed by atoms with Crippen LogP contribution < -0.4 is 10.5 Å². The van der Waals surface area contributed by atoms with Crippen molar-refractivity contribution in [2.24, 2.45) is 5.73 Å². The number of hydrogen-bond acceptors (Lipinski definition) is 4. The van der Waals surface area contributed by atoms with Crippen molar-refractivity contribution < 1.29 is 9.47 Å². The second-order valence-corrected chi connectivity index (χ2v) is 5.93. The van der Waals surface area contributed by atoms with Crippen molar-refractivity contribution in [3.8, 4) is 5.75 Å². The minimum Gasteiger partial charge on any atom is -0.496 e. The molecule has 0 amide bonds. The number of rotatable bonds is 6. The average molecular weight is 292 g/mol. The van der Waals surface area contributed by atoms with Crippen molar-refractivity contribution in [3.05, 3.63) is 29.8 Å². The molecule has 4 nitrogen and oxygen atoms in total. The van der Waals surface area contributed by atoms with E-state index in [-0.39, 0.29) is 11.6 Å². The number of ether oxygens (including phenoxy) is 2. The van der Waals surface area contributed by atoms with E-state index in [0.29, 0.717) is 0 Å². The lowest BCUT2D eigenvalue weighted by atomic mass is 9.83. The average Bonchev–Trinajstić information content (AvgIpc) is 2.55. The molecule has 0 bridgehead atoms. The van der Waals surface area contributed by atoms with Crippen LogP contribution in [0, 0.1) is 0 Å². The first-order chi connectivity index (χ1) is 10.1. The maximum atomic E-state index is 6.61. The van der Waals surface area contributed by atoms with Crippen LogP contribution in [0.2, 0.25) is 0 Å². The quantitative estimate of drug-likeness (QED) is 0.872. The summed E-state index contributed by atoms with van der Waals surface area (Å²) in [5.74, 6) is 0.924. The number of para-hydroxylation sites is 1. The smallest absolute Gasteiger partial charge is 0.122 e. The highest BCUT2D eigenvalue weighted by Gasteiger charge is 2.37. The topological polar surface area (TPSA) is 47.7 Å². The first kappa shape index (κ1) is 16.3. The van der Waals surface area contributed by atoms with E-state index in [9.17, 15) is 0 Å². The molecule has 0 aromatic heterocycles. The van der Waals surface area contributed by atoms with Crippen molar-refractivity contribution in [2.75, 3.05) is 33.4 Å². The summed E-state index contributed by atoms with van der Waals surface area (Å²) in [6, 6.07) is 8.21. The Morgan fingerprint density at radius 3 is 2.62 bits per heavy atom. The van der Waals surface area contributed by atoms with E-state index in [1.54, 1.807) is 7.11 Å². The zero-order chi connectivity index (χ0) is 15.3. The third-order valence-electron chi connectivity index (χ3n) is 4.88. The second-order valence-electron chi connectivity index (χ2n) is 5.93. The molecule has 21 heavy (non-hydrogen) atoms. The molecule has 1 aliphatic rings. The highest BCUT2D eigenvalue weighted by atomic mass is 16.5. The van der Waals surface area contributed by atoms with Crippen molar-refractivity contribution in [1.29, 1.82) is 0 Å². The van der Waals surface area contributed by atoms with Crippen LogP contribution in [0.15, 0.2) is 24.3 Å². The summed E-state index contributed by atoms with van der Waals surface area (Å²) < 4.78 is 10.9. The fourth-order valence-electron chi connectivity index (χ4n) is 3.12. The van der Waals surface area contributed by atoms with Gasteiger partial charge in [-0.2, -0.15) is 0 Å². The molecule has 1 aromatic carbocycles. The van der Waals surface area contributed by atoms with Gasteiger partial charge in [-0.25, -0.2) is 0 Å². The van der Waals surface area contributed by atoms with Crippen molar-refractivity contribution in [1.82, 2.24) is 4.90 Å². The first-order valence-electron chi connectivity index (χ1n) is 7.82. The summed E-state index contributed by atoms with van der Waals surface area (Å²) in [6.07, 6.45) is 1.86. The Morgan fingerprint density at radius 2 is 2.00 bits per heavy atom. The Morgan fingerprint density at radius 1 is 1.33 bits per heavy atom. The number of methoxy groups -OCH3 is 1. The Kier molecular flexibility index (Phi) is 5.62. The standard InChI is InChI=1S/C17H28N2O2/c1-4-17(2,19-9-11-21-12-10-19)16(18)13-14-7-5-6-8-15(14)20-3/h5-8,16H,4,9-13,18H2,1-3H3. The summed E-state index contributed by atoms with van der Waals surface area (Å²) in [5, 5.41) is 0. The molecule has 4 heteroatoms. The Hall–Kier alpha value is -1.10. The molecule has 1 saturated heterocycles. The van der Waals surface area contributed by atoms with Gasteiger partial charge in [-0.05, 0) is 31.4 Å². The molecule has 1 aromatic rings. The summed E-state index contributed by atoms with van der Waals surface area (Å²) >= 11 is 0. The zero-order valence-electron chi connectivity index (χ0n) is 13.5. The van der Waals surface area contributed by atoms with Crippen LogP contribution in [0.5, 0.6) is 5.75 Å². The molecular weight excluding hydrogens is 264 g/mol. The predicted octanol–water partition coefficient (Wildman–Crippen LogP) is 2.07. The van der Waals surface area contributed by atoms with E-state index in [0.717, 1.165) is 44.9 Å². The summed E-state index contributed by atoms with van der Waals surface area (Å²) in [7, 11) is 1.71. The monoisotopic (exact) mass is 292 g/mol. The van der Waals surface area contributed by atoms with E-state index >= 15 is 0 Å². The fraction of sp³-hybridized carbons (Fsp3) is 0.647. The SMILES string of the molecule is CCC(C)(C(N)Cc1ccccc1OC)N1CCOCC1.